The Hall–Kier alpha value is -3.23. The van der Waals surface area contributed by atoms with Crippen LogP contribution in [0.1, 0.15) is 17.3 Å². The third-order valence-electron chi connectivity index (χ3n) is 4.47. The van der Waals surface area contributed by atoms with E-state index in [9.17, 15) is 13.2 Å². The molecule has 0 heterocycles. The second-order valence-corrected chi connectivity index (χ2v) is 9.06. The molecule has 0 saturated carbocycles. The number of methoxy groups -OCH3 is 1. The van der Waals surface area contributed by atoms with Gasteiger partial charge in [0.15, 0.2) is 0 Å². The van der Waals surface area contributed by atoms with Crippen molar-refractivity contribution in [2.24, 2.45) is 0 Å². The van der Waals surface area contributed by atoms with Crippen molar-refractivity contribution < 1.29 is 22.7 Å². The van der Waals surface area contributed by atoms with E-state index in [1.54, 1.807) is 49.6 Å². The molecule has 0 aliphatic rings. The van der Waals surface area contributed by atoms with Gasteiger partial charge in [0.1, 0.15) is 18.1 Å². The summed E-state index contributed by atoms with van der Waals surface area (Å²) in [4.78, 5) is 12.7. The van der Waals surface area contributed by atoms with Crippen LogP contribution >= 0.6 is 11.6 Å². The van der Waals surface area contributed by atoms with Gasteiger partial charge in [0.25, 0.3) is 15.9 Å². The minimum atomic E-state index is -3.79. The largest absolute Gasteiger partial charge is 0.497 e. The molecule has 168 valence electrons. The van der Waals surface area contributed by atoms with Gasteiger partial charge in [-0.15, -0.1) is 0 Å². The summed E-state index contributed by atoms with van der Waals surface area (Å²) >= 11 is 6.23. The standard InChI is InChI=1S/C23H23ClN2O5S/c1-16(15-31-19-11-9-18(30-2)10-12-19)25-23(27)17-8-13-22(21(24)14-17)26-32(28,29)20-6-4-3-5-7-20/h3-14,16,26H,15H2,1-2H3,(H,25,27)/t16-/m0/s1. The Morgan fingerprint density at radius 2 is 1.66 bits per heavy atom. The lowest BCUT2D eigenvalue weighted by Crippen LogP contribution is -2.36. The van der Waals surface area contributed by atoms with E-state index in [1.807, 2.05) is 6.92 Å². The van der Waals surface area contributed by atoms with Crippen LogP contribution < -0.4 is 19.5 Å². The highest BCUT2D eigenvalue weighted by Crippen LogP contribution is 2.26. The number of carbonyl (C=O) groups excluding carboxylic acids is 1. The monoisotopic (exact) mass is 474 g/mol. The fourth-order valence-corrected chi connectivity index (χ4v) is 4.17. The summed E-state index contributed by atoms with van der Waals surface area (Å²) in [5.74, 6) is 1.03. The number of halogens is 1. The minimum absolute atomic E-state index is 0.110. The Labute approximate surface area is 192 Å². The molecule has 0 radical (unpaired) electrons. The molecule has 0 saturated heterocycles. The number of hydrogen-bond donors (Lipinski definition) is 2. The molecule has 3 rings (SSSR count). The average molecular weight is 475 g/mol. The molecule has 2 N–H and O–H groups in total. The summed E-state index contributed by atoms with van der Waals surface area (Å²) in [6, 6.07) is 19.2. The van der Waals surface area contributed by atoms with Gasteiger partial charge in [-0.25, -0.2) is 8.42 Å². The van der Waals surface area contributed by atoms with E-state index in [-0.39, 0.29) is 34.2 Å². The van der Waals surface area contributed by atoms with Crippen LogP contribution in [0.4, 0.5) is 5.69 Å². The topological polar surface area (TPSA) is 93.7 Å². The first-order valence-electron chi connectivity index (χ1n) is 9.73. The number of hydrogen-bond acceptors (Lipinski definition) is 5. The number of nitrogens with one attached hydrogen (secondary N) is 2. The Morgan fingerprint density at radius 1 is 1.00 bits per heavy atom. The number of benzene rings is 3. The molecule has 0 bridgehead atoms. The van der Waals surface area contributed by atoms with Crippen LogP contribution in [-0.2, 0) is 10.0 Å². The lowest BCUT2D eigenvalue weighted by molar-refractivity contribution is 0.0926. The van der Waals surface area contributed by atoms with E-state index < -0.39 is 10.0 Å². The molecule has 1 atom stereocenters. The number of sulfonamides is 1. The average Bonchev–Trinajstić information content (AvgIpc) is 2.79. The second kappa shape index (κ2) is 10.4. The molecule has 1 amide bonds. The van der Waals surface area contributed by atoms with Gasteiger partial charge in [-0.3, -0.25) is 9.52 Å². The van der Waals surface area contributed by atoms with Crippen molar-refractivity contribution in [2.45, 2.75) is 17.9 Å². The van der Waals surface area contributed by atoms with Crippen LogP contribution in [0.25, 0.3) is 0 Å². The van der Waals surface area contributed by atoms with Gasteiger partial charge in [-0.05, 0) is 61.5 Å². The normalized spacial score (nSPS) is 12.0. The van der Waals surface area contributed by atoms with Crippen molar-refractivity contribution in [1.82, 2.24) is 5.32 Å². The van der Waals surface area contributed by atoms with Crippen LogP contribution in [0.2, 0.25) is 5.02 Å². The first-order valence-corrected chi connectivity index (χ1v) is 11.6. The predicted molar refractivity (Wildman–Crippen MR) is 124 cm³/mol. The van der Waals surface area contributed by atoms with Crippen LogP contribution in [0.3, 0.4) is 0 Å². The van der Waals surface area contributed by atoms with Crippen molar-refractivity contribution in [3.05, 3.63) is 83.4 Å². The van der Waals surface area contributed by atoms with Crippen molar-refractivity contribution in [3.63, 3.8) is 0 Å². The van der Waals surface area contributed by atoms with Gasteiger partial charge in [-0.1, -0.05) is 29.8 Å². The van der Waals surface area contributed by atoms with E-state index >= 15 is 0 Å². The lowest BCUT2D eigenvalue weighted by Gasteiger charge is -2.16. The fraction of sp³-hybridized carbons (Fsp3) is 0.174. The fourth-order valence-electron chi connectivity index (χ4n) is 2.78. The third kappa shape index (κ3) is 6.15. The zero-order valence-corrected chi connectivity index (χ0v) is 19.1. The van der Waals surface area contributed by atoms with E-state index in [0.717, 1.165) is 5.75 Å². The number of ether oxygens (including phenoxy) is 2. The highest BCUT2D eigenvalue weighted by atomic mass is 35.5. The molecule has 0 fully saturated rings. The molecular weight excluding hydrogens is 452 g/mol. The van der Waals surface area contributed by atoms with E-state index in [0.29, 0.717) is 11.3 Å². The Morgan fingerprint density at radius 3 is 2.28 bits per heavy atom. The smallest absolute Gasteiger partial charge is 0.261 e. The van der Waals surface area contributed by atoms with Crippen LogP contribution in [0.5, 0.6) is 11.5 Å². The number of rotatable bonds is 9. The molecule has 32 heavy (non-hydrogen) atoms. The lowest BCUT2D eigenvalue weighted by atomic mass is 10.2. The highest BCUT2D eigenvalue weighted by Gasteiger charge is 2.17. The Kier molecular flexibility index (Phi) is 7.61. The van der Waals surface area contributed by atoms with Crippen molar-refractivity contribution in [3.8, 4) is 11.5 Å². The molecule has 3 aromatic carbocycles. The molecule has 0 aliphatic carbocycles. The number of amides is 1. The quantitative estimate of drug-likeness (QED) is 0.481. The molecule has 9 heteroatoms. The molecule has 3 aromatic rings. The summed E-state index contributed by atoms with van der Waals surface area (Å²) in [6.45, 7) is 2.08. The van der Waals surface area contributed by atoms with Crippen molar-refractivity contribution in [2.75, 3.05) is 18.4 Å². The van der Waals surface area contributed by atoms with E-state index in [1.165, 1.54) is 30.3 Å². The first kappa shape index (κ1) is 23.4. The molecule has 7 nitrogen and oxygen atoms in total. The van der Waals surface area contributed by atoms with E-state index in [4.69, 9.17) is 21.1 Å². The molecule has 0 spiro atoms. The summed E-state index contributed by atoms with van der Waals surface area (Å²) in [6.07, 6.45) is 0. The summed E-state index contributed by atoms with van der Waals surface area (Å²) in [5.41, 5.74) is 0.483. The maximum absolute atomic E-state index is 12.5. The first-order chi connectivity index (χ1) is 15.3. The molecular formula is C23H23ClN2O5S. The molecule has 0 aromatic heterocycles. The Bertz CT molecular complexity index is 1170. The maximum Gasteiger partial charge on any atom is 0.261 e. The second-order valence-electron chi connectivity index (χ2n) is 6.97. The highest BCUT2D eigenvalue weighted by molar-refractivity contribution is 7.92. The third-order valence-corrected chi connectivity index (χ3v) is 6.16. The zero-order chi connectivity index (χ0) is 23.1. The van der Waals surface area contributed by atoms with Crippen LogP contribution in [0.15, 0.2) is 77.7 Å². The van der Waals surface area contributed by atoms with E-state index in [2.05, 4.69) is 10.0 Å². The zero-order valence-electron chi connectivity index (χ0n) is 17.5. The van der Waals surface area contributed by atoms with Gasteiger partial charge >= 0.3 is 0 Å². The SMILES string of the molecule is COc1ccc(OC[C@H](C)NC(=O)c2ccc(NS(=O)(=O)c3ccccc3)c(Cl)c2)cc1. The number of carbonyl (C=O) groups is 1. The number of anilines is 1. The van der Waals surface area contributed by atoms with Gasteiger partial charge in [0, 0.05) is 5.56 Å². The van der Waals surface area contributed by atoms with Gasteiger partial charge in [-0.2, -0.15) is 0 Å². The predicted octanol–water partition coefficient (Wildman–Crippen LogP) is 4.35. The van der Waals surface area contributed by atoms with Crippen molar-refractivity contribution in [1.29, 1.82) is 0 Å². The maximum atomic E-state index is 12.5. The van der Waals surface area contributed by atoms with Gasteiger partial charge in [0.2, 0.25) is 0 Å². The molecule has 0 aliphatic heterocycles. The summed E-state index contributed by atoms with van der Waals surface area (Å²) in [5, 5.41) is 2.93. The van der Waals surface area contributed by atoms with Gasteiger partial charge < -0.3 is 14.8 Å². The summed E-state index contributed by atoms with van der Waals surface area (Å²) in [7, 11) is -2.20. The summed E-state index contributed by atoms with van der Waals surface area (Å²) < 4.78 is 38.2. The van der Waals surface area contributed by atoms with Crippen molar-refractivity contribution >= 4 is 33.2 Å². The minimum Gasteiger partial charge on any atom is -0.497 e. The van der Waals surface area contributed by atoms with Gasteiger partial charge in [0.05, 0.1) is 28.8 Å². The van der Waals surface area contributed by atoms with Crippen LogP contribution in [-0.4, -0.2) is 34.1 Å². The molecule has 0 unspecified atom stereocenters. The Balaban J connectivity index is 1.59. The van der Waals surface area contributed by atoms with Crippen LogP contribution in [0, 0.1) is 0 Å².